The van der Waals surface area contributed by atoms with E-state index in [1.807, 2.05) is 0 Å². The van der Waals surface area contributed by atoms with E-state index in [2.05, 4.69) is 59.5 Å². The van der Waals surface area contributed by atoms with Crippen LogP contribution in [0.1, 0.15) is 37.3 Å². The van der Waals surface area contributed by atoms with Gasteiger partial charge in [0.25, 0.3) is 0 Å². The average molecular weight is 281 g/mol. The van der Waals surface area contributed by atoms with E-state index in [1.54, 1.807) is 7.11 Å². The van der Waals surface area contributed by atoms with Crippen molar-refractivity contribution in [3.63, 3.8) is 0 Å². The predicted molar refractivity (Wildman–Crippen MR) is 88.0 cm³/mol. The SMILES string of the molecule is COc1ccc(C2CCCCCN2c2ccccc2)cc1. The highest BCUT2D eigenvalue weighted by atomic mass is 16.5. The number of rotatable bonds is 3. The Morgan fingerprint density at radius 1 is 0.905 bits per heavy atom. The second kappa shape index (κ2) is 6.66. The van der Waals surface area contributed by atoms with Gasteiger partial charge < -0.3 is 9.64 Å². The Bertz CT molecular complexity index is 550. The summed E-state index contributed by atoms with van der Waals surface area (Å²) >= 11 is 0. The second-order valence-corrected chi connectivity index (χ2v) is 5.67. The van der Waals surface area contributed by atoms with Crippen LogP contribution in [0.4, 0.5) is 5.69 Å². The molecule has 1 heterocycles. The predicted octanol–water partition coefficient (Wildman–Crippen LogP) is 4.82. The molecular weight excluding hydrogens is 258 g/mol. The van der Waals surface area contributed by atoms with Gasteiger partial charge in [-0.2, -0.15) is 0 Å². The molecule has 0 bridgehead atoms. The topological polar surface area (TPSA) is 12.5 Å². The Morgan fingerprint density at radius 2 is 1.67 bits per heavy atom. The Hall–Kier alpha value is -1.96. The number of benzene rings is 2. The van der Waals surface area contributed by atoms with Crippen LogP contribution in [0.25, 0.3) is 0 Å². The van der Waals surface area contributed by atoms with Crippen LogP contribution in [-0.4, -0.2) is 13.7 Å². The van der Waals surface area contributed by atoms with Crippen LogP contribution in [-0.2, 0) is 0 Å². The van der Waals surface area contributed by atoms with Gasteiger partial charge in [0.15, 0.2) is 0 Å². The maximum Gasteiger partial charge on any atom is 0.118 e. The summed E-state index contributed by atoms with van der Waals surface area (Å²) in [5.41, 5.74) is 2.72. The van der Waals surface area contributed by atoms with Gasteiger partial charge in [0.2, 0.25) is 0 Å². The lowest BCUT2D eigenvalue weighted by Gasteiger charge is -2.32. The smallest absolute Gasteiger partial charge is 0.118 e. The minimum Gasteiger partial charge on any atom is -0.497 e. The molecule has 1 saturated heterocycles. The van der Waals surface area contributed by atoms with Crippen LogP contribution < -0.4 is 9.64 Å². The first-order valence-corrected chi connectivity index (χ1v) is 7.84. The van der Waals surface area contributed by atoms with Crippen molar-refractivity contribution in [2.24, 2.45) is 0 Å². The number of ether oxygens (including phenoxy) is 1. The zero-order valence-electron chi connectivity index (χ0n) is 12.7. The summed E-state index contributed by atoms with van der Waals surface area (Å²) in [5.74, 6) is 0.929. The highest BCUT2D eigenvalue weighted by Crippen LogP contribution is 2.34. The lowest BCUT2D eigenvalue weighted by Crippen LogP contribution is -2.28. The summed E-state index contributed by atoms with van der Waals surface area (Å²) in [6, 6.07) is 19.8. The highest BCUT2D eigenvalue weighted by molar-refractivity contribution is 5.49. The number of para-hydroxylation sites is 1. The molecule has 0 spiro atoms. The van der Waals surface area contributed by atoms with Crippen LogP contribution in [0.5, 0.6) is 5.75 Å². The lowest BCUT2D eigenvalue weighted by molar-refractivity contribution is 0.414. The second-order valence-electron chi connectivity index (χ2n) is 5.67. The standard InChI is InChI=1S/C19H23NO/c1-21-18-13-11-16(12-14-18)19-10-6-3-7-15-20(19)17-8-4-2-5-9-17/h2,4-5,8-9,11-14,19H,3,6-7,10,15H2,1H3. The van der Waals surface area contributed by atoms with E-state index in [0.717, 1.165) is 12.3 Å². The van der Waals surface area contributed by atoms with Crippen molar-refractivity contribution in [2.45, 2.75) is 31.7 Å². The van der Waals surface area contributed by atoms with E-state index in [1.165, 1.54) is 36.9 Å². The number of methoxy groups -OCH3 is 1. The van der Waals surface area contributed by atoms with Gasteiger partial charge in [-0.05, 0) is 42.7 Å². The molecule has 1 aliphatic heterocycles. The van der Waals surface area contributed by atoms with E-state index in [4.69, 9.17) is 4.74 Å². The molecule has 1 aliphatic rings. The largest absolute Gasteiger partial charge is 0.497 e. The molecule has 2 nitrogen and oxygen atoms in total. The first-order chi connectivity index (χ1) is 10.4. The summed E-state index contributed by atoms with van der Waals surface area (Å²) in [5, 5.41) is 0. The lowest BCUT2D eigenvalue weighted by atomic mass is 10.00. The number of hydrogen-bond donors (Lipinski definition) is 0. The molecule has 0 saturated carbocycles. The molecule has 1 fully saturated rings. The van der Waals surface area contributed by atoms with Gasteiger partial charge in [0.1, 0.15) is 5.75 Å². The summed E-state index contributed by atoms with van der Waals surface area (Å²) in [4.78, 5) is 2.56. The Labute approximate surface area is 127 Å². The van der Waals surface area contributed by atoms with Gasteiger partial charge in [-0.3, -0.25) is 0 Å². The van der Waals surface area contributed by atoms with Crippen LogP contribution in [0.3, 0.4) is 0 Å². The fourth-order valence-electron chi connectivity index (χ4n) is 3.21. The van der Waals surface area contributed by atoms with Gasteiger partial charge in [0, 0.05) is 12.2 Å². The third kappa shape index (κ3) is 3.21. The minimum absolute atomic E-state index is 0.473. The Morgan fingerprint density at radius 3 is 2.38 bits per heavy atom. The van der Waals surface area contributed by atoms with E-state index < -0.39 is 0 Å². The Kier molecular flexibility index (Phi) is 4.44. The van der Waals surface area contributed by atoms with Gasteiger partial charge in [-0.25, -0.2) is 0 Å². The Balaban J connectivity index is 1.91. The fraction of sp³-hybridized carbons (Fsp3) is 0.368. The van der Waals surface area contributed by atoms with Crippen LogP contribution in [0.2, 0.25) is 0 Å². The van der Waals surface area contributed by atoms with Gasteiger partial charge >= 0.3 is 0 Å². The first kappa shape index (κ1) is 14.0. The maximum atomic E-state index is 5.28. The molecule has 2 aromatic carbocycles. The third-order valence-corrected chi connectivity index (χ3v) is 4.34. The van der Waals surface area contributed by atoms with Gasteiger partial charge in [-0.1, -0.05) is 43.2 Å². The van der Waals surface area contributed by atoms with Gasteiger partial charge in [-0.15, -0.1) is 0 Å². The molecule has 1 atom stereocenters. The van der Waals surface area contributed by atoms with Crippen LogP contribution >= 0.6 is 0 Å². The molecule has 0 aliphatic carbocycles. The molecule has 0 aromatic heterocycles. The summed E-state index contributed by atoms with van der Waals surface area (Å²) in [6.07, 6.45) is 5.14. The molecule has 0 N–H and O–H groups in total. The molecule has 21 heavy (non-hydrogen) atoms. The maximum absolute atomic E-state index is 5.28. The van der Waals surface area contributed by atoms with Crippen molar-refractivity contribution >= 4 is 5.69 Å². The summed E-state index contributed by atoms with van der Waals surface area (Å²) < 4.78 is 5.28. The first-order valence-electron chi connectivity index (χ1n) is 7.84. The number of nitrogens with zero attached hydrogens (tertiary/aromatic N) is 1. The molecule has 0 radical (unpaired) electrons. The molecule has 3 rings (SSSR count). The monoisotopic (exact) mass is 281 g/mol. The normalized spacial score (nSPS) is 19.1. The molecule has 2 heteroatoms. The van der Waals surface area contributed by atoms with Crippen molar-refractivity contribution < 1.29 is 4.74 Å². The number of anilines is 1. The zero-order chi connectivity index (χ0) is 14.5. The summed E-state index contributed by atoms with van der Waals surface area (Å²) in [7, 11) is 1.72. The van der Waals surface area contributed by atoms with E-state index in [0.29, 0.717) is 6.04 Å². The van der Waals surface area contributed by atoms with Crippen molar-refractivity contribution in [3.8, 4) is 5.75 Å². The number of hydrogen-bond acceptors (Lipinski definition) is 2. The van der Waals surface area contributed by atoms with Gasteiger partial charge in [0.05, 0.1) is 13.2 Å². The average Bonchev–Trinajstić information content (AvgIpc) is 2.81. The van der Waals surface area contributed by atoms with Crippen LogP contribution in [0, 0.1) is 0 Å². The molecule has 0 amide bonds. The van der Waals surface area contributed by atoms with Crippen molar-refractivity contribution in [2.75, 3.05) is 18.6 Å². The molecule has 1 unspecified atom stereocenters. The molecule has 110 valence electrons. The van der Waals surface area contributed by atoms with Crippen molar-refractivity contribution in [1.29, 1.82) is 0 Å². The van der Waals surface area contributed by atoms with E-state index in [9.17, 15) is 0 Å². The zero-order valence-corrected chi connectivity index (χ0v) is 12.7. The van der Waals surface area contributed by atoms with Crippen molar-refractivity contribution in [1.82, 2.24) is 0 Å². The fourth-order valence-corrected chi connectivity index (χ4v) is 3.21. The molecular formula is C19H23NO. The van der Waals surface area contributed by atoms with E-state index in [-0.39, 0.29) is 0 Å². The highest BCUT2D eigenvalue weighted by Gasteiger charge is 2.22. The quantitative estimate of drug-likeness (QED) is 0.800. The van der Waals surface area contributed by atoms with Crippen LogP contribution in [0.15, 0.2) is 54.6 Å². The van der Waals surface area contributed by atoms with Crippen molar-refractivity contribution in [3.05, 3.63) is 60.2 Å². The summed E-state index contributed by atoms with van der Waals surface area (Å²) in [6.45, 7) is 1.14. The molecule has 2 aromatic rings. The third-order valence-electron chi connectivity index (χ3n) is 4.34. The minimum atomic E-state index is 0.473. The van der Waals surface area contributed by atoms with E-state index >= 15 is 0 Å².